The largest absolute Gasteiger partial charge is 0.418 e. The van der Waals surface area contributed by atoms with Crippen molar-refractivity contribution < 1.29 is 22.4 Å². The smallest absolute Gasteiger partial charge is 0.324 e. The van der Waals surface area contributed by atoms with E-state index >= 15 is 0 Å². The number of halogens is 5. The summed E-state index contributed by atoms with van der Waals surface area (Å²) in [4.78, 5) is 13.6. The number of nitrogens with zero attached hydrogens (tertiary/aromatic N) is 1. The van der Waals surface area contributed by atoms with Crippen molar-refractivity contribution in [3.05, 3.63) is 64.4 Å². The molecule has 25 heavy (non-hydrogen) atoms. The lowest BCUT2D eigenvalue weighted by Crippen LogP contribution is -2.30. The van der Waals surface area contributed by atoms with Gasteiger partial charge in [0, 0.05) is 11.6 Å². The molecule has 2 aromatic carbocycles. The fourth-order valence-electron chi connectivity index (χ4n) is 2.25. The number of alkyl halides is 3. The Labute approximate surface area is 147 Å². The van der Waals surface area contributed by atoms with Gasteiger partial charge >= 0.3 is 6.18 Å². The van der Waals surface area contributed by atoms with Crippen LogP contribution in [0.4, 0.5) is 23.2 Å². The fraction of sp³-hybridized carbons (Fsp3) is 0.235. The topological polar surface area (TPSA) is 32.3 Å². The number of rotatable bonds is 5. The molecule has 0 fully saturated rings. The van der Waals surface area contributed by atoms with Crippen molar-refractivity contribution in [2.45, 2.75) is 12.7 Å². The molecule has 8 heteroatoms. The van der Waals surface area contributed by atoms with E-state index in [1.54, 1.807) is 24.1 Å². The Morgan fingerprint density at radius 3 is 2.40 bits per heavy atom. The van der Waals surface area contributed by atoms with E-state index in [0.29, 0.717) is 6.54 Å². The second-order valence-electron chi connectivity index (χ2n) is 5.53. The summed E-state index contributed by atoms with van der Waals surface area (Å²) in [6, 6.07) is 8.89. The highest BCUT2D eigenvalue weighted by Crippen LogP contribution is 2.36. The highest BCUT2D eigenvalue weighted by molar-refractivity contribution is 6.30. The molecule has 1 amide bonds. The first kappa shape index (κ1) is 19.2. The molecule has 0 aliphatic heterocycles. The summed E-state index contributed by atoms with van der Waals surface area (Å²) in [5.74, 6) is -0.969. The van der Waals surface area contributed by atoms with Gasteiger partial charge in [0.15, 0.2) is 0 Å². The third kappa shape index (κ3) is 5.72. The van der Waals surface area contributed by atoms with E-state index in [1.807, 2.05) is 0 Å². The van der Waals surface area contributed by atoms with Gasteiger partial charge < -0.3 is 5.32 Å². The van der Waals surface area contributed by atoms with Crippen molar-refractivity contribution in [3.8, 4) is 0 Å². The predicted octanol–water partition coefficient (Wildman–Crippen LogP) is 4.57. The van der Waals surface area contributed by atoms with E-state index in [0.717, 1.165) is 17.7 Å². The summed E-state index contributed by atoms with van der Waals surface area (Å²) in [7, 11) is 1.63. The number of carbonyl (C=O) groups is 1. The maximum Gasteiger partial charge on any atom is 0.418 e. The molecule has 0 saturated carbocycles. The van der Waals surface area contributed by atoms with Crippen LogP contribution < -0.4 is 5.32 Å². The molecule has 0 aliphatic rings. The normalized spacial score (nSPS) is 11.6. The molecular formula is C17H15ClF4N2O. The minimum atomic E-state index is -4.63. The fourth-order valence-corrected chi connectivity index (χ4v) is 2.42. The number of hydrogen-bond acceptors (Lipinski definition) is 2. The van der Waals surface area contributed by atoms with Gasteiger partial charge in [-0.25, -0.2) is 4.39 Å². The first-order valence-electron chi connectivity index (χ1n) is 7.25. The molecule has 0 bridgehead atoms. The van der Waals surface area contributed by atoms with Crippen molar-refractivity contribution in [2.75, 3.05) is 18.9 Å². The summed E-state index contributed by atoms with van der Waals surface area (Å²) in [5.41, 5.74) is -0.578. The van der Waals surface area contributed by atoms with E-state index in [1.165, 1.54) is 18.2 Å². The van der Waals surface area contributed by atoms with Gasteiger partial charge in [-0.05, 0) is 42.9 Å². The van der Waals surface area contributed by atoms with E-state index < -0.39 is 17.6 Å². The highest BCUT2D eigenvalue weighted by Gasteiger charge is 2.34. The number of benzene rings is 2. The molecule has 0 aromatic heterocycles. The molecule has 134 valence electrons. The number of hydrogen-bond donors (Lipinski definition) is 1. The van der Waals surface area contributed by atoms with Gasteiger partial charge in [-0.3, -0.25) is 9.69 Å². The zero-order chi connectivity index (χ0) is 18.6. The lowest BCUT2D eigenvalue weighted by molar-refractivity contribution is -0.137. The summed E-state index contributed by atoms with van der Waals surface area (Å²) in [6.07, 6.45) is -4.63. The van der Waals surface area contributed by atoms with E-state index in [2.05, 4.69) is 5.32 Å². The number of nitrogens with one attached hydrogen (secondary N) is 1. The van der Waals surface area contributed by atoms with Crippen LogP contribution in [0.25, 0.3) is 0 Å². The van der Waals surface area contributed by atoms with Gasteiger partial charge in [-0.15, -0.1) is 0 Å². The zero-order valence-corrected chi connectivity index (χ0v) is 14.0. The predicted molar refractivity (Wildman–Crippen MR) is 87.8 cm³/mol. The molecular weight excluding hydrogens is 360 g/mol. The Morgan fingerprint density at radius 2 is 1.80 bits per heavy atom. The average molecular weight is 375 g/mol. The van der Waals surface area contributed by atoms with E-state index in [4.69, 9.17) is 11.6 Å². The van der Waals surface area contributed by atoms with E-state index in [-0.39, 0.29) is 23.1 Å². The summed E-state index contributed by atoms with van der Waals surface area (Å²) in [5, 5.41) is 2.18. The van der Waals surface area contributed by atoms with Crippen molar-refractivity contribution in [3.63, 3.8) is 0 Å². The number of carbonyl (C=O) groups excluding carboxylic acids is 1. The maximum absolute atomic E-state index is 13.0. The van der Waals surface area contributed by atoms with Crippen molar-refractivity contribution in [1.82, 2.24) is 4.90 Å². The Bertz CT molecular complexity index is 747. The van der Waals surface area contributed by atoms with Crippen molar-refractivity contribution in [2.24, 2.45) is 0 Å². The Hall–Kier alpha value is -2.12. The molecule has 3 nitrogen and oxygen atoms in total. The first-order valence-corrected chi connectivity index (χ1v) is 7.62. The molecule has 0 saturated heterocycles. The number of anilines is 1. The first-order chi connectivity index (χ1) is 11.6. The van der Waals surface area contributed by atoms with Gasteiger partial charge in [-0.2, -0.15) is 13.2 Å². The minimum Gasteiger partial charge on any atom is -0.324 e. The van der Waals surface area contributed by atoms with E-state index in [9.17, 15) is 22.4 Å². The van der Waals surface area contributed by atoms with Gasteiger partial charge in [0.2, 0.25) is 5.91 Å². The zero-order valence-electron chi connectivity index (χ0n) is 13.2. The van der Waals surface area contributed by atoms with Gasteiger partial charge in [0.05, 0.1) is 17.8 Å². The molecule has 0 radical (unpaired) electrons. The van der Waals surface area contributed by atoms with Gasteiger partial charge in [-0.1, -0.05) is 23.7 Å². The molecule has 0 unspecified atom stereocenters. The third-order valence-electron chi connectivity index (χ3n) is 3.34. The second-order valence-corrected chi connectivity index (χ2v) is 5.97. The maximum atomic E-state index is 13.0. The van der Waals surface area contributed by atoms with Crippen LogP contribution >= 0.6 is 11.6 Å². The molecule has 0 aliphatic carbocycles. The minimum absolute atomic E-state index is 0.0706. The van der Waals surface area contributed by atoms with Gasteiger partial charge in [0.1, 0.15) is 5.82 Å². The van der Waals surface area contributed by atoms with Crippen molar-refractivity contribution >= 4 is 23.2 Å². The van der Waals surface area contributed by atoms with Crippen LogP contribution in [0, 0.1) is 5.82 Å². The molecule has 0 atom stereocenters. The van der Waals surface area contributed by atoms with Crippen LogP contribution in [-0.2, 0) is 17.5 Å². The number of amides is 1. The van der Waals surface area contributed by atoms with Crippen molar-refractivity contribution in [1.29, 1.82) is 0 Å². The molecule has 0 spiro atoms. The quantitative estimate of drug-likeness (QED) is 0.778. The SMILES string of the molecule is CN(CC(=O)Nc1ccc(Cl)cc1C(F)(F)F)Cc1ccc(F)cc1. The Balaban J connectivity index is 2.01. The highest BCUT2D eigenvalue weighted by atomic mass is 35.5. The number of likely N-dealkylation sites (N-methyl/N-ethyl adjacent to an activating group) is 1. The van der Waals surface area contributed by atoms with Crippen LogP contribution in [-0.4, -0.2) is 24.4 Å². The van der Waals surface area contributed by atoms with Crippen LogP contribution in [0.15, 0.2) is 42.5 Å². The van der Waals surface area contributed by atoms with Crippen LogP contribution in [0.5, 0.6) is 0 Å². The van der Waals surface area contributed by atoms with Crippen LogP contribution in [0.2, 0.25) is 5.02 Å². The monoisotopic (exact) mass is 374 g/mol. The van der Waals surface area contributed by atoms with Crippen LogP contribution in [0.3, 0.4) is 0 Å². The summed E-state index contributed by atoms with van der Waals surface area (Å²) < 4.78 is 51.9. The van der Waals surface area contributed by atoms with Crippen LogP contribution in [0.1, 0.15) is 11.1 Å². The lowest BCUT2D eigenvalue weighted by atomic mass is 10.1. The summed E-state index contributed by atoms with van der Waals surface area (Å²) >= 11 is 5.60. The standard InChI is InChI=1S/C17H15ClF4N2O/c1-24(9-11-2-5-13(19)6-3-11)10-16(25)23-15-7-4-12(18)8-14(15)17(20,21)22/h2-8H,9-10H2,1H3,(H,23,25). The Kier molecular flexibility index (Phi) is 6.02. The second kappa shape index (κ2) is 7.84. The lowest BCUT2D eigenvalue weighted by Gasteiger charge is -2.18. The average Bonchev–Trinajstić information content (AvgIpc) is 2.50. The summed E-state index contributed by atoms with van der Waals surface area (Å²) in [6.45, 7) is 0.220. The molecule has 2 rings (SSSR count). The third-order valence-corrected chi connectivity index (χ3v) is 3.58. The molecule has 0 heterocycles. The molecule has 2 aromatic rings. The Morgan fingerprint density at radius 1 is 1.16 bits per heavy atom. The van der Waals surface area contributed by atoms with Gasteiger partial charge in [0.25, 0.3) is 0 Å². The molecule has 1 N–H and O–H groups in total.